The first-order valence-corrected chi connectivity index (χ1v) is 5.17. The van der Waals surface area contributed by atoms with Crippen molar-refractivity contribution in [1.82, 2.24) is 4.98 Å². The molecule has 0 aliphatic carbocycles. The summed E-state index contributed by atoms with van der Waals surface area (Å²) in [6.07, 6.45) is 1.29. The van der Waals surface area contributed by atoms with E-state index in [1.807, 2.05) is 0 Å². The van der Waals surface area contributed by atoms with E-state index in [1.165, 1.54) is 32.2 Å². The molecule has 7 heteroatoms. The lowest BCUT2D eigenvalue weighted by Gasteiger charge is -2.17. The second-order valence-electron chi connectivity index (χ2n) is 3.53. The largest absolute Gasteiger partial charge is 0.480 e. The third-order valence-electron chi connectivity index (χ3n) is 1.80. The number of nitrogens with zero attached hydrogens (tertiary/aromatic N) is 2. The summed E-state index contributed by atoms with van der Waals surface area (Å²) < 4.78 is -1.07. The van der Waals surface area contributed by atoms with Gasteiger partial charge in [-0.25, -0.2) is 4.98 Å². The predicted molar refractivity (Wildman–Crippen MR) is 58.5 cm³/mol. The van der Waals surface area contributed by atoms with Crippen LogP contribution in [0.3, 0.4) is 0 Å². The lowest BCUT2D eigenvalue weighted by Crippen LogP contribution is -2.27. The van der Waals surface area contributed by atoms with Crippen molar-refractivity contribution in [1.29, 1.82) is 0 Å². The Labute approximate surface area is 95.8 Å². The van der Waals surface area contributed by atoms with Crippen molar-refractivity contribution in [3.63, 3.8) is 0 Å². The third-order valence-corrected chi connectivity index (χ3v) is 2.92. The molecule has 86 valence electrons. The number of aliphatic carboxylic acids is 1. The topological polar surface area (TPSA) is 93.3 Å². The summed E-state index contributed by atoms with van der Waals surface area (Å²) in [6.45, 7) is 3.03. The van der Waals surface area contributed by atoms with Gasteiger partial charge in [-0.3, -0.25) is 14.9 Å². The molecule has 1 aromatic heterocycles. The van der Waals surface area contributed by atoms with E-state index >= 15 is 0 Å². The highest BCUT2D eigenvalue weighted by molar-refractivity contribution is 8.01. The van der Waals surface area contributed by atoms with Crippen LogP contribution in [-0.4, -0.2) is 25.7 Å². The molecule has 0 saturated heterocycles. The summed E-state index contributed by atoms with van der Waals surface area (Å²) in [5.41, 5.74) is -0.0984. The van der Waals surface area contributed by atoms with Crippen LogP contribution in [0.4, 0.5) is 5.69 Å². The van der Waals surface area contributed by atoms with E-state index in [1.54, 1.807) is 0 Å². The molecule has 0 aromatic carbocycles. The maximum absolute atomic E-state index is 10.9. The van der Waals surface area contributed by atoms with Crippen molar-refractivity contribution >= 4 is 23.4 Å². The van der Waals surface area contributed by atoms with Gasteiger partial charge in [0.15, 0.2) is 0 Å². The van der Waals surface area contributed by atoms with Gasteiger partial charge in [0.05, 0.1) is 4.92 Å². The molecule has 0 atom stereocenters. The first-order chi connectivity index (χ1) is 7.33. The Bertz CT molecular complexity index is 433. The fourth-order valence-electron chi connectivity index (χ4n) is 0.873. The van der Waals surface area contributed by atoms with Gasteiger partial charge in [-0.2, -0.15) is 0 Å². The van der Waals surface area contributed by atoms with E-state index in [9.17, 15) is 14.9 Å². The van der Waals surface area contributed by atoms with Gasteiger partial charge in [-0.05, 0) is 13.8 Å². The molecular weight excluding hydrogens is 232 g/mol. The molecular formula is C9H10N2O4S. The van der Waals surface area contributed by atoms with E-state index < -0.39 is 15.6 Å². The average Bonchev–Trinajstić information content (AvgIpc) is 2.17. The minimum Gasteiger partial charge on any atom is -0.480 e. The quantitative estimate of drug-likeness (QED) is 0.492. The van der Waals surface area contributed by atoms with Crippen molar-refractivity contribution in [2.24, 2.45) is 0 Å². The number of rotatable bonds is 4. The minimum atomic E-state index is -1.07. The summed E-state index contributed by atoms with van der Waals surface area (Å²) in [5.74, 6) is -0.995. The molecule has 0 radical (unpaired) electrons. The molecule has 0 fully saturated rings. The van der Waals surface area contributed by atoms with Gasteiger partial charge >= 0.3 is 5.97 Å². The molecule has 0 unspecified atom stereocenters. The van der Waals surface area contributed by atoms with Crippen LogP contribution in [0, 0.1) is 10.1 Å². The van der Waals surface area contributed by atoms with E-state index in [0.717, 1.165) is 11.8 Å². The highest BCUT2D eigenvalue weighted by atomic mass is 32.2. The van der Waals surface area contributed by atoms with Gasteiger partial charge in [-0.1, -0.05) is 11.8 Å². The fourth-order valence-corrected chi connectivity index (χ4v) is 1.78. The number of hydrogen-bond acceptors (Lipinski definition) is 5. The zero-order valence-corrected chi connectivity index (χ0v) is 9.52. The van der Waals surface area contributed by atoms with Crippen molar-refractivity contribution in [2.45, 2.75) is 23.6 Å². The second-order valence-corrected chi connectivity index (χ2v) is 5.17. The van der Waals surface area contributed by atoms with Crippen molar-refractivity contribution < 1.29 is 14.8 Å². The van der Waals surface area contributed by atoms with Crippen LogP contribution >= 0.6 is 11.8 Å². The number of thioether (sulfide) groups is 1. The van der Waals surface area contributed by atoms with Gasteiger partial charge in [0.25, 0.3) is 5.69 Å². The summed E-state index contributed by atoms with van der Waals surface area (Å²) >= 11 is 0.970. The molecule has 0 bridgehead atoms. The molecule has 1 heterocycles. The Morgan fingerprint density at radius 3 is 2.75 bits per heavy atom. The zero-order chi connectivity index (χ0) is 12.3. The van der Waals surface area contributed by atoms with Gasteiger partial charge < -0.3 is 5.11 Å². The standard InChI is InChI=1S/C9H10N2O4S/c1-9(2,8(12)13)16-7-5-6(11(14)15)3-4-10-7/h3-5H,1-2H3,(H,12,13). The Kier molecular flexibility index (Phi) is 3.48. The van der Waals surface area contributed by atoms with E-state index in [4.69, 9.17) is 5.11 Å². The molecule has 16 heavy (non-hydrogen) atoms. The number of carbonyl (C=O) groups is 1. The maximum atomic E-state index is 10.9. The molecule has 0 spiro atoms. The SMILES string of the molecule is CC(C)(Sc1cc([N+](=O)[O-])ccn1)C(=O)O. The molecule has 0 aliphatic heterocycles. The Balaban J connectivity index is 2.94. The molecule has 0 amide bonds. The van der Waals surface area contributed by atoms with Gasteiger partial charge in [0.2, 0.25) is 0 Å². The van der Waals surface area contributed by atoms with E-state index in [2.05, 4.69) is 4.98 Å². The predicted octanol–water partition coefficient (Wildman–Crippen LogP) is 1.95. The van der Waals surface area contributed by atoms with Crippen LogP contribution in [0.1, 0.15) is 13.8 Å². The van der Waals surface area contributed by atoms with Crippen LogP contribution in [0.15, 0.2) is 23.4 Å². The molecule has 0 saturated carbocycles. The molecule has 0 aliphatic rings. The fraction of sp³-hybridized carbons (Fsp3) is 0.333. The van der Waals surface area contributed by atoms with E-state index in [-0.39, 0.29) is 5.69 Å². The van der Waals surface area contributed by atoms with Crippen LogP contribution in [0.25, 0.3) is 0 Å². The first-order valence-electron chi connectivity index (χ1n) is 4.36. The average molecular weight is 242 g/mol. The lowest BCUT2D eigenvalue weighted by atomic mass is 10.2. The van der Waals surface area contributed by atoms with Gasteiger partial charge in [-0.15, -0.1) is 0 Å². The highest BCUT2D eigenvalue weighted by Gasteiger charge is 2.29. The van der Waals surface area contributed by atoms with Crippen molar-refractivity contribution in [2.75, 3.05) is 0 Å². The molecule has 1 rings (SSSR count). The number of hydrogen-bond donors (Lipinski definition) is 1. The van der Waals surface area contributed by atoms with Crippen LogP contribution in [-0.2, 0) is 4.79 Å². The lowest BCUT2D eigenvalue weighted by molar-refractivity contribution is -0.385. The monoisotopic (exact) mass is 242 g/mol. The number of carboxylic acid groups (broad SMARTS) is 1. The molecule has 6 nitrogen and oxygen atoms in total. The van der Waals surface area contributed by atoms with Crippen molar-refractivity contribution in [3.05, 3.63) is 28.4 Å². The number of carboxylic acids is 1. The maximum Gasteiger partial charge on any atom is 0.319 e. The summed E-state index contributed by atoms with van der Waals surface area (Å²) in [7, 11) is 0. The van der Waals surface area contributed by atoms with E-state index in [0.29, 0.717) is 5.03 Å². The summed E-state index contributed by atoms with van der Waals surface area (Å²) in [5, 5.41) is 19.7. The minimum absolute atomic E-state index is 0.0984. The zero-order valence-electron chi connectivity index (χ0n) is 8.71. The third kappa shape index (κ3) is 2.93. The number of nitro groups is 1. The van der Waals surface area contributed by atoms with Gasteiger partial charge in [0.1, 0.15) is 9.77 Å². The Hall–Kier alpha value is -1.63. The number of aromatic nitrogens is 1. The van der Waals surface area contributed by atoms with Crippen LogP contribution < -0.4 is 0 Å². The smallest absolute Gasteiger partial charge is 0.319 e. The molecule has 1 N–H and O–H groups in total. The van der Waals surface area contributed by atoms with Crippen LogP contribution in [0.5, 0.6) is 0 Å². The summed E-state index contributed by atoms with van der Waals surface area (Å²) in [4.78, 5) is 24.7. The summed E-state index contributed by atoms with van der Waals surface area (Å²) in [6, 6.07) is 2.52. The van der Waals surface area contributed by atoms with Crippen LogP contribution in [0.2, 0.25) is 0 Å². The highest BCUT2D eigenvalue weighted by Crippen LogP contribution is 2.32. The number of pyridine rings is 1. The second kappa shape index (κ2) is 4.48. The first kappa shape index (κ1) is 12.4. The Morgan fingerprint density at radius 2 is 2.25 bits per heavy atom. The van der Waals surface area contributed by atoms with Gasteiger partial charge in [0, 0.05) is 18.3 Å². The normalized spacial score (nSPS) is 11.1. The Morgan fingerprint density at radius 1 is 1.62 bits per heavy atom. The van der Waals surface area contributed by atoms with Crippen molar-refractivity contribution in [3.8, 4) is 0 Å². The molecule has 1 aromatic rings.